The number of hydrogen-bond acceptors (Lipinski definition) is 3. The van der Waals surface area contributed by atoms with Gasteiger partial charge < -0.3 is 15.3 Å². The van der Waals surface area contributed by atoms with Crippen LogP contribution in [-0.2, 0) is 11.2 Å². The fraction of sp³-hybridized carbons (Fsp3) is 0.0513. The molecule has 0 radical (unpaired) electrons. The quantitative estimate of drug-likeness (QED) is 0.111. The van der Waals surface area contributed by atoms with Gasteiger partial charge in [0.05, 0.1) is 16.7 Å². The van der Waals surface area contributed by atoms with Crippen LogP contribution in [0.25, 0.3) is 33.4 Å². The van der Waals surface area contributed by atoms with Crippen molar-refractivity contribution in [3.8, 4) is 22.3 Å². The Morgan fingerprint density at radius 3 is 1.64 bits per heavy atom. The van der Waals surface area contributed by atoms with Gasteiger partial charge in [-0.15, -0.1) is 0 Å². The molecule has 0 amide bonds. The van der Waals surface area contributed by atoms with Crippen molar-refractivity contribution in [2.24, 2.45) is 0 Å². The molecule has 6 nitrogen and oxygen atoms in total. The second-order valence-electron chi connectivity index (χ2n) is 10.4. The molecule has 0 spiro atoms. The number of aromatic carboxylic acids is 2. The standard InChI is InChI=1S/C39H32O6/c1-4-28(29-14-18-33(19-15-29)38(42)43)9-8-25(2)35-22-27(7-5-6-26(3)37(40)41)23-36(24-35)32-12-10-30(11-13-32)31-16-20-34(21-17-31)39(44)45/h4-6,8-24H,1,3,7H2,2H3,(H,40,41)(H,42,43)(H,44,45). The molecule has 0 saturated heterocycles. The van der Waals surface area contributed by atoms with Crippen LogP contribution in [0.2, 0.25) is 0 Å². The lowest BCUT2D eigenvalue weighted by atomic mass is 9.93. The van der Waals surface area contributed by atoms with E-state index < -0.39 is 17.9 Å². The molecule has 0 atom stereocenters. The van der Waals surface area contributed by atoms with Crippen molar-refractivity contribution >= 4 is 29.1 Å². The van der Waals surface area contributed by atoms with E-state index in [1.807, 2.05) is 43.3 Å². The van der Waals surface area contributed by atoms with Crippen LogP contribution in [0.3, 0.4) is 0 Å². The molecule has 224 valence electrons. The highest BCUT2D eigenvalue weighted by molar-refractivity contribution is 5.90. The van der Waals surface area contributed by atoms with Gasteiger partial charge in [-0.05, 0) is 93.8 Å². The molecular formula is C39H32O6. The SMILES string of the molecule is C=CC(=CC=C(C)c1cc(CC=CC(=C)C(=O)O)cc(-c2ccc(-c3ccc(C(=O)O)cc3)cc2)c1)c1ccc(C(=O)O)cc1. The number of hydrogen-bond donors (Lipinski definition) is 3. The van der Waals surface area contributed by atoms with Crippen LogP contribution in [0, 0.1) is 0 Å². The third-order valence-electron chi connectivity index (χ3n) is 7.28. The molecule has 0 saturated carbocycles. The summed E-state index contributed by atoms with van der Waals surface area (Å²) in [7, 11) is 0. The van der Waals surface area contributed by atoms with Crippen molar-refractivity contribution < 1.29 is 29.7 Å². The number of carboxylic acids is 3. The number of allylic oxidation sites excluding steroid dienone is 6. The molecule has 3 N–H and O–H groups in total. The van der Waals surface area contributed by atoms with E-state index in [1.54, 1.807) is 60.7 Å². The second-order valence-corrected chi connectivity index (χ2v) is 10.4. The summed E-state index contributed by atoms with van der Waals surface area (Å²) < 4.78 is 0. The van der Waals surface area contributed by atoms with E-state index >= 15 is 0 Å². The first-order valence-electron chi connectivity index (χ1n) is 14.1. The third-order valence-corrected chi connectivity index (χ3v) is 7.28. The first kappa shape index (κ1) is 31.9. The van der Waals surface area contributed by atoms with Gasteiger partial charge in [0.15, 0.2) is 0 Å². The van der Waals surface area contributed by atoms with E-state index in [-0.39, 0.29) is 16.7 Å². The molecule has 0 aliphatic carbocycles. The Kier molecular flexibility index (Phi) is 10.2. The smallest absolute Gasteiger partial charge is 0.335 e. The van der Waals surface area contributed by atoms with Gasteiger partial charge in [0, 0.05) is 0 Å². The molecule has 0 aromatic heterocycles. The molecule has 4 aromatic rings. The van der Waals surface area contributed by atoms with Crippen LogP contribution in [0.4, 0.5) is 0 Å². The zero-order valence-corrected chi connectivity index (χ0v) is 24.7. The Bertz CT molecular complexity index is 1850. The molecule has 0 heterocycles. The summed E-state index contributed by atoms with van der Waals surface area (Å²) in [5, 5.41) is 27.5. The van der Waals surface area contributed by atoms with E-state index in [9.17, 15) is 24.6 Å². The van der Waals surface area contributed by atoms with Crippen molar-refractivity contribution in [1.29, 1.82) is 0 Å². The number of carboxylic acid groups (broad SMARTS) is 3. The maximum absolute atomic E-state index is 11.2. The highest BCUT2D eigenvalue weighted by Gasteiger charge is 2.08. The van der Waals surface area contributed by atoms with Crippen LogP contribution in [0.5, 0.6) is 0 Å². The van der Waals surface area contributed by atoms with Crippen LogP contribution >= 0.6 is 0 Å². The predicted octanol–water partition coefficient (Wildman–Crippen LogP) is 8.83. The lowest BCUT2D eigenvalue weighted by molar-refractivity contribution is -0.132. The fourth-order valence-corrected chi connectivity index (χ4v) is 4.67. The number of rotatable bonds is 12. The minimum absolute atomic E-state index is 0.00732. The minimum Gasteiger partial charge on any atom is -0.478 e. The summed E-state index contributed by atoms with van der Waals surface area (Å²) in [4.78, 5) is 33.6. The molecule has 4 rings (SSSR count). The molecule has 0 aliphatic rings. The normalized spacial score (nSPS) is 11.8. The van der Waals surface area contributed by atoms with Gasteiger partial charge in [-0.25, -0.2) is 14.4 Å². The highest BCUT2D eigenvalue weighted by atomic mass is 16.4. The van der Waals surface area contributed by atoms with E-state index in [1.165, 1.54) is 6.08 Å². The number of carbonyl (C=O) groups is 3. The van der Waals surface area contributed by atoms with E-state index in [4.69, 9.17) is 5.11 Å². The minimum atomic E-state index is -1.07. The van der Waals surface area contributed by atoms with Gasteiger partial charge >= 0.3 is 17.9 Å². The Labute approximate surface area is 261 Å². The Morgan fingerprint density at radius 2 is 1.13 bits per heavy atom. The zero-order chi connectivity index (χ0) is 32.5. The van der Waals surface area contributed by atoms with Gasteiger partial charge in [0.2, 0.25) is 0 Å². The van der Waals surface area contributed by atoms with Crippen molar-refractivity contribution in [2.75, 3.05) is 0 Å². The van der Waals surface area contributed by atoms with Crippen molar-refractivity contribution in [2.45, 2.75) is 13.3 Å². The van der Waals surface area contributed by atoms with Gasteiger partial charge in [0.25, 0.3) is 0 Å². The molecule has 0 fully saturated rings. The lowest BCUT2D eigenvalue weighted by Crippen LogP contribution is -1.95. The fourth-order valence-electron chi connectivity index (χ4n) is 4.67. The highest BCUT2D eigenvalue weighted by Crippen LogP contribution is 2.30. The van der Waals surface area contributed by atoms with E-state index in [0.717, 1.165) is 50.1 Å². The van der Waals surface area contributed by atoms with Crippen LogP contribution in [-0.4, -0.2) is 33.2 Å². The molecule has 45 heavy (non-hydrogen) atoms. The van der Waals surface area contributed by atoms with Crippen molar-refractivity contribution in [3.63, 3.8) is 0 Å². The van der Waals surface area contributed by atoms with Gasteiger partial charge in [-0.1, -0.05) is 104 Å². The predicted molar refractivity (Wildman–Crippen MR) is 179 cm³/mol. The average molecular weight is 597 g/mol. The monoisotopic (exact) mass is 596 g/mol. The third kappa shape index (κ3) is 8.30. The molecule has 0 unspecified atom stereocenters. The molecule has 0 aliphatic heterocycles. The first-order valence-corrected chi connectivity index (χ1v) is 14.1. The van der Waals surface area contributed by atoms with Crippen molar-refractivity contribution in [1.82, 2.24) is 0 Å². The summed E-state index contributed by atoms with van der Waals surface area (Å²) in [5.74, 6) is -3.02. The maximum Gasteiger partial charge on any atom is 0.335 e. The molecule has 0 bridgehead atoms. The Hall–Kier alpha value is -6.01. The van der Waals surface area contributed by atoms with Crippen molar-refractivity contribution in [3.05, 3.63) is 168 Å². The zero-order valence-electron chi connectivity index (χ0n) is 24.7. The van der Waals surface area contributed by atoms with Crippen LogP contribution in [0.1, 0.15) is 44.3 Å². The number of benzene rings is 4. The first-order chi connectivity index (χ1) is 21.5. The molecule has 6 heteroatoms. The largest absolute Gasteiger partial charge is 0.478 e. The summed E-state index contributed by atoms with van der Waals surface area (Å²) >= 11 is 0. The van der Waals surface area contributed by atoms with Crippen LogP contribution < -0.4 is 0 Å². The lowest BCUT2D eigenvalue weighted by Gasteiger charge is -2.11. The summed E-state index contributed by atoms with van der Waals surface area (Å²) in [5.41, 5.74) is 8.89. The van der Waals surface area contributed by atoms with Gasteiger partial charge in [-0.3, -0.25) is 0 Å². The summed E-state index contributed by atoms with van der Waals surface area (Å²) in [6.45, 7) is 9.48. The second kappa shape index (κ2) is 14.4. The Balaban J connectivity index is 1.69. The van der Waals surface area contributed by atoms with Gasteiger partial charge in [-0.2, -0.15) is 0 Å². The maximum atomic E-state index is 11.2. The van der Waals surface area contributed by atoms with Gasteiger partial charge in [0.1, 0.15) is 0 Å². The Morgan fingerprint density at radius 1 is 0.644 bits per heavy atom. The average Bonchev–Trinajstić information content (AvgIpc) is 3.05. The number of aliphatic carboxylic acids is 1. The van der Waals surface area contributed by atoms with E-state index in [0.29, 0.717) is 6.42 Å². The molecular weight excluding hydrogens is 564 g/mol. The van der Waals surface area contributed by atoms with Crippen LogP contribution in [0.15, 0.2) is 140 Å². The topological polar surface area (TPSA) is 112 Å². The van der Waals surface area contributed by atoms with E-state index in [2.05, 4.69) is 31.4 Å². The summed E-state index contributed by atoms with van der Waals surface area (Å²) in [6.07, 6.45) is 9.41. The molecule has 4 aromatic carbocycles. The summed E-state index contributed by atoms with van der Waals surface area (Å²) in [6, 6.07) is 27.6.